The van der Waals surface area contributed by atoms with E-state index in [1.807, 2.05) is 0 Å². The molecule has 0 saturated heterocycles. The van der Waals surface area contributed by atoms with Crippen LogP contribution in [0.1, 0.15) is 84.0 Å². The van der Waals surface area contributed by atoms with Crippen LogP contribution in [0.2, 0.25) is 0 Å². The first-order valence-electron chi connectivity index (χ1n) is 9.39. The van der Waals surface area contributed by atoms with Gasteiger partial charge in [0, 0.05) is 6.42 Å². The lowest BCUT2D eigenvalue weighted by atomic mass is 10.1. The van der Waals surface area contributed by atoms with E-state index in [2.05, 4.69) is 11.4 Å². The molecule has 0 saturated carbocycles. The number of hydrogen-bond donors (Lipinski definition) is 3. The summed E-state index contributed by atoms with van der Waals surface area (Å²) < 4.78 is 19.4. The van der Waals surface area contributed by atoms with Crippen LogP contribution >= 0.6 is 7.82 Å². The van der Waals surface area contributed by atoms with Crippen molar-refractivity contribution in [3.63, 3.8) is 0 Å². The van der Waals surface area contributed by atoms with Gasteiger partial charge in [0.25, 0.3) is 0 Å². The van der Waals surface area contributed by atoms with Gasteiger partial charge in [0.15, 0.2) is 0 Å². The maximum atomic E-state index is 11.5. The van der Waals surface area contributed by atoms with Gasteiger partial charge in [-0.2, -0.15) is 0 Å². The van der Waals surface area contributed by atoms with E-state index in [4.69, 9.17) is 14.5 Å². The van der Waals surface area contributed by atoms with Crippen molar-refractivity contribution in [3.8, 4) is 0 Å². The third-order valence-electron chi connectivity index (χ3n) is 3.86. The predicted molar refractivity (Wildman–Crippen MR) is 96.0 cm³/mol. The molecular formula is C17H35O7P. The molecule has 0 aromatic heterocycles. The molecule has 25 heavy (non-hydrogen) atoms. The van der Waals surface area contributed by atoms with E-state index in [9.17, 15) is 14.5 Å². The van der Waals surface area contributed by atoms with Gasteiger partial charge in [0.2, 0.25) is 0 Å². The monoisotopic (exact) mass is 382 g/mol. The summed E-state index contributed by atoms with van der Waals surface area (Å²) in [7, 11) is -4.61. The van der Waals surface area contributed by atoms with Crippen LogP contribution < -0.4 is 0 Å². The molecule has 8 heteroatoms. The first-order chi connectivity index (χ1) is 11.8. The Bertz CT molecular complexity index is 370. The number of phosphoric ester groups is 1. The fourth-order valence-electron chi connectivity index (χ4n) is 2.43. The number of hydrogen-bond acceptors (Lipinski definition) is 5. The number of aliphatic hydroxyl groups excluding tert-OH is 1. The SMILES string of the molecule is CCCCCCCCCCCCCC(=O)OC[C@@H](O)COP(=O)(O)O. The molecule has 0 amide bonds. The first-order valence-corrected chi connectivity index (χ1v) is 10.9. The van der Waals surface area contributed by atoms with Gasteiger partial charge < -0.3 is 19.6 Å². The normalized spacial score (nSPS) is 13.0. The molecule has 0 spiro atoms. The number of rotatable bonds is 17. The van der Waals surface area contributed by atoms with Crippen LogP contribution in [-0.4, -0.2) is 40.2 Å². The summed E-state index contributed by atoms with van der Waals surface area (Å²) in [5.74, 6) is -0.411. The van der Waals surface area contributed by atoms with E-state index < -0.39 is 26.5 Å². The molecule has 150 valence electrons. The predicted octanol–water partition coefficient (Wildman–Crippen LogP) is 3.70. The fraction of sp³-hybridized carbons (Fsp3) is 0.941. The third kappa shape index (κ3) is 19.7. The summed E-state index contributed by atoms with van der Waals surface area (Å²) in [6.45, 7) is 1.33. The molecule has 0 aromatic carbocycles. The van der Waals surface area contributed by atoms with Crippen molar-refractivity contribution < 1.29 is 33.5 Å². The Hall–Kier alpha value is -0.460. The number of unbranched alkanes of at least 4 members (excludes halogenated alkanes) is 10. The topological polar surface area (TPSA) is 113 Å². The number of aliphatic hydroxyl groups is 1. The maximum absolute atomic E-state index is 11.5. The van der Waals surface area contributed by atoms with Gasteiger partial charge in [-0.3, -0.25) is 9.32 Å². The summed E-state index contributed by atoms with van der Waals surface area (Å²) in [5.41, 5.74) is 0. The minimum Gasteiger partial charge on any atom is -0.463 e. The summed E-state index contributed by atoms with van der Waals surface area (Å²) in [6, 6.07) is 0. The molecule has 0 rings (SSSR count). The minimum atomic E-state index is -4.61. The van der Waals surface area contributed by atoms with E-state index in [0.717, 1.165) is 19.3 Å². The third-order valence-corrected chi connectivity index (χ3v) is 4.34. The highest BCUT2D eigenvalue weighted by atomic mass is 31.2. The molecule has 0 heterocycles. The Balaban J connectivity index is 3.37. The molecule has 0 aliphatic rings. The van der Waals surface area contributed by atoms with Crippen LogP contribution in [-0.2, 0) is 18.6 Å². The van der Waals surface area contributed by atoms with Crippen molar-refractivity contribution >= 4 is 13.8 Å². The maximum Gasteiger partial charge on any atom is 0.469 e. The number of esters is 1. The van der Waals surface area contributed by atoms with Gasteiger partial charge in [-0.05, 0) is 6.42 Å². The van der Waals surface area contributed by atoms with Crippen molar-refractivity contribution in [1.82, 2.24) is 0 Å². The average Bonchev–Trinajstić information content (AvgIpc) is 2.55. The molecular weight excluding hydrogens is 347 g/mol. The quantitative estimate of drug-likeness (QED) is 0.200. The highest BCUT2D eigenvalue weighted by molar-refractivity contribution is 7.46. The fourth-order valence-corrected chi connectivity index (χ4v) is 2.79. The molecule has 0 bridgehead atoms. The number of carbonyl (C=O) groups excluding carboxylic acids is 1. The summed E-state index contributed by atoms with van der Waals surface area (Å²) in [6.07, 6.45) is 12.3. The lowest BCUT2D eigenvalue weighted by molar-refractivity contribution is -0.147. The number of phosphoric acid groups is 1. The Morgan fingerprint density at radius 1 is 0.880 bits per heavy atom. The van der Waals surface area contributed by atoms with Crippen molar-refractivity contribution in [2.24, 2.45) is 0 Å². The van der Waals surface area contributed by atoms with E-state index in [1.54, 1.807) is 0 Å². The zero-order valence-corrected chi connectivity index (χ0v) is 16.3. The second-order valence-corrected chi connectivity index (χ2v) is 7.65. The lowest BCUT2D eigenvalue weighted by Gasteiger charge is -2.12. The first kappa shape index (κ1) is 24.5. The lowest BCUT2D eigenvalue weighted by Crippen LogP contribution is -2.23. The Morgan fingerprint density at radius 3 is 1.84 bits per heavy atom. The molecule has 7 nitrogen and oxygen atoms in total. The van der Waals surface area contributed by atoms with Crippen LogP contribution in [0.25, 0.3) is 0 Å². The van der Waals surface area contributed by atoms with E-state index in [0.29, 0.717) is 6.42 Å². The molecule has 0 aliphatic heterocycles. The second-order valence-electron chi connectivity index (χ2n) is 6.41. The molecule has 0 radical (unpaired) electrons. The highest BCUT2D eigenvalue weighted by Crippen LogP contribution is 2.35. The number of carbonyl (C=O) groups is 1. The second kappa shape index (κ2) is 15.8. The van der Waals surface area contributed by atoms with Gasteiger partial charge in [-0.15, -0.1) is 0 Å². The van der Waals surface area contributed by atoms with Crippen molar-refractivity contribution in [1.29, 1.82) is 0 Å². The molecule has 0 aromatic rings. The molecule has 1 atom stereocenters. The van der Waals surface area contributed by atoms with Crippen molar-refractivity contribution in [2.45, 2.75) is 90.1 Å². The van der Waals surface area contributed by atoms with Crippen LogP contribution in [0.15, 0.2) is 0 Å². The molecule has 0 unspecified atom stereocenters. The van der Waals surface area contributed by atoms with E-state index >= 15 is 0 Å². The molecule has 3 N–H and O–H groups in total. The molecule has 0 aliphatic carbocycles. The molecule has 0 fully saturated rings. The highest BCUT2D eigenvalue weighted by Gasteiger charge is 2.17. The van der Waals surface area contributed by atoms with Gasteiger partial charge in [-0.25, -0.2) is 4.57 Å². The van der Waals surface area contributed by atoms with Crippen LogP contribution in [0.4, 0.5) is 0 Å². The largest absolute Gasteiger partial charge is 0.469 e. The number of ether oxygens (including phenoxy) is 1. The summed E-state index contributed by atoms with van der Waals surface area (Å²) in [4.78, 5) is 28.4. The van der Waals surface area contributed by atoms with E-state index in [-0.39, 0.29) is 6.61 Å². The zero-order valence-electron chi connectivity index (χ0n) is 15.4. The summed E-state index contributed by atoms with van der Waals surface area (Å²) in [5, 5.41) is 9.38. The van der Waals surface area contributed by atoms with Crippen LogP contribution in [0.3, 0.4) is 0 Å². The Labute approximate surface area is 151 Å². The standard InChI is InChI=1S/C17H35O7P/c1-2-3-4-5-6-7-8-9-10-11-12-13-17(19)23-14-16(18)15-24-25(20,21)22/h16,18H,2-15H2,1H3,(H2,20,21,22)/t16-/m1/s1. The Morgan fingerprint density at radius 2 is 1.36 bits per heavy atom. The zero-order chi connectivity index (χ0) is 19.0. The van der Waals surface area contributed by atoms with Gasteiger partial charge in [0.1, 0.15) is 12.7 Å². The smallest absolute Gasteiger partial charge is 0.463 e. The van der Waals surface area contributed by atoms with Crippen molar-refractivity contribution in [2.75, 3.05) is 13.2 Å². The van der Waals surface area contributed by atoms with Gasteiger partial charge >= 0.3 is 13.8 Å². The van der Waals surface area contributed by atoms with Crippen LogP contribution in [0, 0.1) is 0 Å². The summed E-state index contributed by atoms with van der Waals surface area (Å²) >= 11 is 0. The van der Waals surface area contributed by atoms with Crippen LogP contribution in [0.5, 0.6) is 0 Å². The minimum absolute atomic E-state index is 0.295. The van der Waals surface area contributed by atoms with E-state index in [1.165, 1.54) is 51.4 Å². The Kier molecular flexibility index (Phi) is 15.5. The van der Waals surface area contributed by atoms with Gasteiger partial charge in [-0.1, -0.05) is 71.1 Å². The average molecular weight is 382 g/mol. The van der Waals surface area contributed by atoms with Crippen molar-refractivity contribution in [3.05, 3.63) is 0 Å². The van der Waals surface area contributed by atoms with Gasteiger partial charge in [0.05, 0.1) is 6.61 Å².